The van der Waals surface area contributed by atoms with Crippen molar-refractivity contribution in [1.82, 2.24) is 0 Å². The van der Waals surface area contributed by atoms with Gasteiger partial charge in [-0.1, -0.05) is 12.2 Å². The zero-order valence-corrected chi connectivity index (χ0v) is 6.34. The van der Waals surface area contributed by atoms with Crippen LogP contribution in [-0.2, 0) is 4.57 Å². The molecule has 2 aliphatic rings. The molecule has 0 fully saturated rings. The number of allylic oxidation sites excluding steroid dienone is 4. The summed E-state index contributed by atoms with van der Waals surface area (Å²) in [4.78, 5) is 8.95. The summed E-state index contributed by atoms with van der Waals surface area (Å²) >= 11 is 0. The zero-order valence-electron chi connectivity index (χ0n) is 5.45. The van der Waals surface area contributed by atoms with E-state index in [4.69, 9.17) is 4.89 Å². The topological polar surface area (TPSA) is 37.3 Å². The summed E-state index contributed by atoms with van der Waals surface area (Å²) < 4.78 is 10.8. The molecule has 0 aromatic carbocycles. The summed E-state index contributed by atoms with van der Waals surface area (Å²) in [5, 5.41) is -0.398. The minimum Gasteiger partial charge on any atom is -0.160 e. The van der Waals surface area contributed by atoms with Gasteiger partial charge < -0.3 is 0 Å². The molecule has 0 aromatic heterocycles. The van der Waals surface area contributed by atoms with Crippen LogP contribution in [0.4, 0.5) is 0 Å². The maximum absolute atomic E-state index is 10.8. The van der Waals surface area contributed by atoms with Gasteiger partial charge in [-0.15, -0.1) is 0 Å². The number of hydrogen-bond acceptors (Lipinski definition) is 1. The Morgan fingerprint density at radius 3 is 2.70 bits per heavy atom. The van der Waals surface area contributed by atoms with Crippen LogP contribution in [0.3, 0.4) is 0 Å². The normalized spacial score (nSPS) is 36.5. The highest BCUT2D eigenvalue weighted by molar-refractivity contribution is 7.40. The Bertz CT molecular complexity index is 254. The molecule has 0 saturated carbocycles. The fraction of sp³-hybridized carbons (Fsp3) is 0.429. The lowest BCUT2D eigenvalue weighted by atomic mass is 10.1. The Morgan fingerprint density at radius 2 is 2.50 bits per heavy atom. The van der Waals surface area contributed by atoms with E-state index < -0.39 is 13.2 Å². The molecule has 0 amide bonds. The minimum absolute atomic E-state index is 0.398. The molecule has 0 spiro atoms. The average molecular weight is 155 g/mol. The first kappa shape index (κ1) is 6.26. The van der Waals surface area contributed by atoms with Crippen molar-refractivity contribution < 1.29 is 9.46 Å². The van der Waals surface area contributed by atoms with Crippen LogP contribution < -0.4 is 0 Å². The largest absolute Gasteiger partial charge is 0.516 e. The molecule has 3 heteroatoms. The summed E-state index contributed by atoms with van der Waals surface area (Å²) in [5.74, 6) is 0. The van der Waals surface area contributed by atoms with Gasteiger partial charge in [0.05, 0.1) is 0 Å². The van der Waals surface area contributed by atoms with Crippen molar-refractivity contribution in [2.24, 2.45) is 0 Å². The fourth-order valence-corrected chi connectivity index (χ4v) is 2.30. The summed E-state index contributed by atoms with van der Waals surface area (Å²) in [5.41, 5.74) is 1.22. The maximum atomic E-state index is 10.8. The minimum atomic E-state index is -2.03. The van der Waals surface area contributed by atoms with Gasteiger partial charge in [0, 0.05) is 12.8 Å². The molecule has 2 nitrogen and oxygen atoms in total. The third-order valence-electron chi connectivity index (χ3n) is 2.22. The van der Waals surface area contributed by atoms with E-state index in [1.165, 1.54) is 5.57 Å². The summed E-state index contributed by atoms with van der Waals surface area (Å²) in [6, 6.07) is 0. The van der Waals surface area contributed by atoms with E-state index in [1.54, 1.807) is 0 Å². The molecule has 0 saturated heterocycles. The molecule has 0 aliphatic heterocycles. The van der Waals surface area contributed by atoms with Gasteiger partial charge in [-0.05, 0) is 16.2 Å². The zero-order chi connectivity index (χ0) is 7.19. The van der Waals surface area contributed by atoms with Gasteiger partial charge >= 0.3 is 8.03 Å². The first-order valence-corrected chi connectivity index (χ1v) is 4.49. The molecule has 10 heavy (non-hydrogen) atoms. The predicted molar refractivity (Wildman–Crippen MR) is 39.0 cm³/mol. The molecule has 2 unspecified atom stereocenters. The average Bonchev–Trinajstić information content (AvgIpc) is 2.45. The molecular weight excluding hydrogens is 147 g/mol. The van der Waals surface area contributed by atoms with Crippen molar-refractivity contribution in [3.8, 4) is 0 Å². The van der Waals surface area contributed by atoms with E-state index >= 15 is 0 Å². The highest BCUT2D eigenvalue weighted by Crippen LogP contribution is 2.52. The molecule has 1 N–H and O–H groups in total. The van der Waals surface area contributed by atoms with Gasteiger partial charge in [-0.3, -0.25) is 0 Å². The van der Waals surface area contributed by atoms with Crippen LogP contribution in [0.15, 0.2) is 23.8 Å². The second-order valence-electron chi connectivity index (χ2n) is 2.87. The van der Waals surface area contributed by atoms with Gasteiger partial charge in [0.15, 0.2) is 0 Å². The van der Waals surface area contributed by atoms with E-state index in [9.17, 15) is 4.57 Å². The molecular formula is C7H8O2P+. The van der Waals surface area contributed by atoms with Crippen LogP contribution in [0.1, 0.15) is 12.8 Å². The standard InChI is InChI=1S/C7H7O2P/c8-10(9)7-3-1-6(5-7)2-4-7/h1-3H,4-5H2/p+1. The van der Waals surface area contributed by atoms with Crippen LogP contribution in [0, 0.1) is 0 Å². The summed E-state index contributed by atoms with van der Waals surface area (Å²) in [6.07, 6.45) is 7.40. The van der Waals surface area contributed by atoms with E-state index in [2.05, 4.69) is 0 Å². The highest BCUT2D eigenvalue weighted by Gasteiger charge is 2.52. The van der Waals surface area contributed by atoms with Crippen molar-refractivity contribution in [2.75, 3.05) is 0 Å². The number of fused-ring (bicyclic) bond motifs is 2. The van der Waals surface area contributed by atoms with Gasteiger partial charge in [-0.2, -0.15) is 4.89 Å². The van der Waals surface area contributed by atoms with E-state index in [0.29, 0.717) is 0 Å². The Hall–Kier alpha value is -0.460. The van der Waals surface area contributed by atoms with Crippen molar-refractivity contribution in [3.05, 3.63) is 23.8 Å². The monoisotopic (exact) mass is 155 g/mol. The molecule has 0 heterocycles. The number of rotatable bonds is 1. The second kappa shape index (κ2) is 1.77. The molecule has 2 bridgehead atoms. The molecule has 2 aliphatic carbocycles. The first-order valence-electron chi connectivity index (χ1n) is 3.27. The van der Waals surface area contributed by atoms with E-state index in [1.807, 2.05) is 18.2 Å². The molecule has 2 atom stereocenters. The molecule has 2 rings (SSSR count). The van der Waals surface area contributed by atoms with Crippen LogP contribution >= 0.6 is 8.03 Å². The van der Waals surface area contributed by atoms with Crippen LogP contribution in [0.2, 0.25) is 0 Å². The Balaban J connectivity index is 2.38. The van der Waals surface area contributed by atoms with Gasteiger partial charge in [0.1, 0.15) is 0 Å². The van der Waals surface area contributed by atoms with E-state index in [-0.39, 0.29) is 0 Å². The first-order chi connectivity index (χ1) is 4.73. The van der Waals surface area contributed by atoms with Gasteiger partial charge in [0.2, 0.25) is 5.16 Å². The van der Waals surface area contributed by atoms with Gasteiger partial charge in [0.25, 0.3) is 0 Å². The predicted octanol–water partition coefficient (Wildman–Crippen LogP) is 1.75. The molecule has 52 valence electrons. The van der Waals surface area contributed by atoms with Crippen LogP contribution in [0.5, 0.6) is 0 Å². The fourth-order valence-electron chi connectivity index (χ4n) is 1.53. The third kappa shape index (κ3) is 0.635. The molecule has 0 aromatic rings. The van der Waals surface area contributed by atoms with Crippen molar-refractivity contribution in [1.29, 1.82) is 0 Å². The van der Waals surface area contributed by atoms with Crippen molar-refractivity contribution in [2.45, 2.75) is 18.0 Å². The quantitative estimate of drug-likeness (QED) is 0.585. The van der Waals surface area contributed by atoms with Crippen molar-refractivity contribution >= 4 is 8.03 Å². The summed E-state index contributed by atoms with van der Waals surface area (Å²) in [6.45, 7) is 0. The lowest BCUT2D eigenvalue weighted by Crippen LogP contribution is -2.13. The maximum Gasteiger partial charge on any atom is 0.516 e. The smallest absolute Gasteiger partial charge is 0.160 e. The Labute approximate surface area is 60.1 Å². The Kier molecular flexibility index (Phi) is 1.11. The Morgan fingerprint density at radius 1 is 1.70 bits per heavy atom. The van der Waals surface area contributed by atoms with Crippen molar-refractivity contribution in [3.63, 3.8) is 0 Å². The lowest BCUT2D eigenvalue weighted by Gasteiger charge is -2.04. The van der Waals surface area contributed by atoms with Crippen LogP contribution in [-0.4, -0.2) is 10.0 Å². The molecule has 0 radical (unpaired) electrons. The number of hydrogen-bond donors (Lipinski definition) is 1. The second-order valence-corrected chi connectivity index (χ2v) is 4.31. The van der Waals surface area contributed by atoms with Crippen LogP contribution in [0.25, 0.3) is 0 Å². The SMILES string of the molecule is O=[P+](O)C12C=CC(=CC1)C2. The van der Waals surface area contributed by atoms with Gasteiger partial charge in [-0.25, -0.2) is 0 Å². The van der Waals surface area contributed by atoms with E-state index in [0.717, 1.165) is 12.8 Å². The third-order valence-corrected chi connectivity index (χ3v) is 3.47. The summed E-state index contributed by atoms with van der Waals surface area (Å²) in [7, 11) is -2.03. The lowest BCUT2D eigenvalue weighted by molar-refractivity contribution is 0.474. The highest BCUT2D eigenvalue weighted by atomic mass is 31.1.